The number of nitrogens with zero attached hydrogens (tertiary/aromatic N) is 1. The Morgan fingerprint density at radius 2 is 1.88 bits per heavy atom. The van der Waals surface area contributed by atoms with Crippen molar-refractivity contribution < 1.29 is 14.3 Å². The number of amides is 1. The summed E-state index contributed by atoms with van der Waals surface area (Å²) in [6.45, 7) is 1.43. The van der Waals surface area contributed by atoms with Crippen LogP contribution in [-0.2, 0) is 16.0 Å². The van der Waals surface area contributed by atoms with Crippen LogP contribution in [0, 0.1) is 0 Å². The molecule has 0 bridgehead atoms. The Kier molecular flexibility index (Phi) is 5.65. The molecule has 7 heteroatoms. The van der Waals surface area contributed by atoms with Gasteiger partial charge in [0.1, 0.15) is 10.8 Å². The topological polar surface area (TPSA) is 68.3 Å². The minimum atomic E-state index is -0.409. The van der Waals surface area contributed by atoms with Crippen molar-refractivity contribution in [2.45, 2.75) is 13.3 Å². The predicted molar refractivity (Wildman–Crippen MR) is 103 cm³/mol. The van der Waals surface area contributed by atoms with Crippen LogP contribution >= 0.6 is 22.9 Å². The number of carbonyl (C=O) groups is 2. The minimum absolute atomic E-state index is 0.0639. The highest BCUT2D eigenvalue weighted by atomic mass is 35.5. The van der Waals surface area contributed by atoms with Crippen LogP contribution in [0.25, 0.3) is 10.6 Å². The lowest BCUT2D eigenvalue weighted by atomic mass is 10.2. The van der Waals surface area contributed by atoms with E-state index in [1.807, 2.05) is 23.6 Å². The van der Waals surface area contributed by atoms with E-state index in [4.69, 9.17) is 16.3 Å². The number of rotatable bonds is 5. The van der Waals surface area contributed by atoms with Crippen molar-refractivity contribution in [1.82, 2.24) is 4.98 Å². The third-order valence-corrected chi connectivity index (χ3v) is 4.64. The first-order valence-electron chi connectivity index (χ1n) is 7.79. The fourth-order valence-electron chi connectivity index (χ4n) is 2.27. The summed E-state index contributed by atoms with van der Waals surface area (Å²) >= 11 is 7.60. The van der Waals surface area contributed by atoms with Crippen LogP contribution in [0.2, 0.25) is 5.02 Å². The molecule has 2 aromatic carbocycles. The van der Waals surface area contributed by atoms with Gasteiger partial charge >= 0.3 is 5.97 Å². The van der Waals surface area contributed by atoms with Crippen molar-refractivity contribution in [3.63, 3.8) is 0 Å². The molecule has 0 saturated heterocycles. The molecule has 0 spiro atoms. The molecule has 132 valence electrons. The zero-order chi connectivity index (χ0) is 18.5. The average Bonchev–Trinajstić information content (AvgIpc) is 3.04. The molecule has 0 fully saturated rings. The summed E-state index contributed by atoms with van der Waals surface area (Å²) in [6.07, 6.45) is 0.0639. The van der Waals surface area contributed by atoms with E-state index < -0.39 is 5.97 Å². The smallest absolute Gasteiger partial charge is 0.317 e. The summed E-state index contributed by atoms with van der Waals surface area (Å²) in [5, 5.41) is 5.85. The maximum absolute atomic E-state index is 12.1. The Balaban J connectivity index is 1.62. The number of hydrogen-bond donors (Lipinski definition) is 1. The largest absolute Gasteiger partial charge is 0.426 e. The van der Waals surface area contributed by atoms with Gasteiger partial charge in [0.25, 0.3) is 0 Å². The Hall–Kier alpha value is -2.70. The van der Waals surface area contributed by atoms with Crippen molar-refractivity contribution in [2.75, 3.05) is 5.32 Å². The molecule has 1 amide bonds. The number of anilines is 1. The summed E-state index contributed by atoms with van der Waals surface area (Å²) in [7, 11) is 0. The lowest BCUT2D eigenvalue weighted by Crippen LogP contribution is -2.11. The van der Waals surface area contributed by atoms with E-state index in [9.17, 15) is 9.59 Å². The molecule has 0 aliphatic carbocycles. The fraction of sp³-hybridized carbons (Fsp3) is 0.105. The number of thiazole rings is 1. The first-order valence-corrected chi connectivity index (χ1v) is 9.04. The summed E-state index contributed by atoms with van der Waals surface area (Å²) in [6, 6.07) is 14.0. The van der Waals surface area contributed by atoms with E-state index in [1.165, 1.54) is 18.3 Å². The monoisotopic (exact) mass is 386 g/mol. The molecule has 0 atom stereocenters. The number of hydrogen-bond acceptors (Lipinski definition) is 5. The fourth-order valence-corrected chi connectivity index (χ4v) is 3.41. The van der Waals surface area contributed by atoms with Gasteiger partial charge in [-0.25, -0.2) is 4.98 Å². The number of esters is 1. The highest BCUT2D eigenvalue weighted by Crippen LogP contribution is 2.30. The normalized spacial score (nSPS) is 10.4. The van der Waals surface area contributed by atoms with Crippen LogP contribution < -0.4 is 10.1 Å². The third kappa shape index (κ3) is 4.68. The van der Waals surface area contributed by atoms with E-state index in [-0.39, 0.29) is 12.3 Å². The van der Waals surface area contributed by atoms with Gasteiger partial charge in [-0.05, 0) is 30.3 Å². The zero-order valence-corrected chi connectivity index (χ0v) is 15.4. The molecule has 0 unspecified atom stereocenters. The summed E-state index contributed by atoms with van der Waals surface area (Å²) in [5.74, 6) is -0.161. The van der Waals surface area contributed by atoms with Crippen LogP contribution in [0.15, 0.2) is 53.9 Å². The third-order valence-electron chi connectivity index (χ3n) is 3.39. The van der Waals surface area contributed by atoms with Crippen LogP contribution in [0.4, 0.5) is 5.69 Å². The van der Waals surface area contributed by atoms with Crippen molar-refractivity contribution in [3.05, 3.63) is 64.6 Å². The second-order valence-electron chi connectivity index (χ2n) is 5.48. The molecular formula is C19H15ClN2O3S. The second kappa shape index (κ2) is 8.12. The average molecular weight is 387 g/mol. The molecule has 1 heterocycles. The zero-order valence-electron chi connectivity index (χ0n) is 13.9. The molecule has 1 N–H and O–H groups in total. The van der Waals surface area contributed by atoms with Crippen LogP contribution in [0.3, 0.4) is 0 Å². The van der Waals surface area contributed by atoms with E-state index >= 15 is 0 Å². The number of aromatic nitrogens is 1. The molecule has 5 nitrogen and oxygen atoms in total. The van der Waals surface area contributed by atoms with Gasteiger partial charge in [-0.3, -0.25) is 9.59 Å². The number of halogens is 1. The first-order chi connectivity index (χ1) is 12.5. The lowest BCUT2D eigenvalue weighted by molar-refractivity contribution is -0.133. The molecule has 26 heavy (non-hydrogen) atoms. The molecule has 3 rings (SSSR count). The second-order valence-corrected chi connectivity index (χ2v) is 6.75. The van der Waals surface area contributed by atoms with Gasteiger partial charge in [-0.2, -0.15) is 0 Å². The SMILES string of the molecule is CC(=O)Nc1ccc(OC(=O)Cc2csc(-c3ccccc3Cl)n2)cc1. The van der Waals surface area contributed by atoms with Gasteiger partial charge < -0.3 is 10.1 Å². The summed E-state index contributed by atoms with van der Waals surface area (Å²) in [5.41, 5.74) is 2.11. The van der Waals surface area contributed by atoms with Gasteiger partial charge in [-0.1, -0.05) is 29.8 Å². The molecular weight excluding hydrogens is 372 g/mol. The van der Waals surface area contributed by atoms with Crippen LogP contribution in [0.1, 0.15) is 12.6 Å². The van der Waals surface area contributed by atoms with Crippen LogP contribution in [-0.4, -0.2) is 16.9 Å². The van der Waals surface area contributed by atoms with Gasteiger partial charge in [0.05, 0.1) is 17.1 Å². The van der Waals surface area contributed by atoms with E-state index in [0.29, 0.717) is 22.2 Å². The van der Waals surface area contributed by atoms with Crippen molar-refractivity contribution >= 4 is 40.5 Å². The first kappa shape index (κ1) is 18.1. The Morgan fingerprint density at radius 1 is 1.15 bits per heavy atom. The lowest BCUT2D eigenvalue weighted by Gasteiger charge is -2.05. The van der Waals surface area contributed by atoms with Gasteiger partial charge in [0, 0.05) is 23.6 Å². The maximum atomic E-state index is 12.1. The molecule has 0 radical (unpaired) electrons. The molecule has 1 aromatic heterocycles. The Labute approximate surface area is 159 Å². The Bertz CT molecular complexity index is 938. The molecule has 0 saturated carbocycles. The minimum Gasteiger partial charge on any atom is -0.426 e. The predicted octanol–water partition coefficient (Wildman–Crippen LogP) is 4.57. The maximum Gasteiger partial charge on any atom is 0.317 e. The van der Waals surface area contributed by atoms with Crippen LogP contribution in [0.5, 0.6) is 5.75 Å². The molecule has 3 aromatic rings. The standard InChI is InChI=1S/C19H15ClN2O3S/c1-12(23)21-13-6-8-15(9-7-13)25-18(24)10-14-11-26-19(22-14)16-4-2-3-5-17(16)20/h2-9,11H,10H2,1H3,(H,21,23). The van der Waals surface area contributed by atoms with Gasteiger partial charge in [0.2, 0.25) is 5.91 Å². The Morgan fingerprint density at radius 3 is 2.58 bits per heavy atom. The van der Waals surface area contributed by atoms with E-state index in [0.717, 1.165) is 10.6 Å². The number of carbonyl (C=O) groups excluding carboxylic acids is 2. The molecule has 0 aliphatic rings. The molecule has 0 aliphatic heterocycles. The van der Waals surface area contributed by atoms with E-state index in [2.05, 4.69) is 10.3 Å². The summed E-state index contributed by atoms with van der Waals surface area (Å²) < 4.78 is 5.30. The highest BCUT2D eigenvalue weighted by Gasteiger charge is 2.12. The van der Waals surface area contributed by atoms with Crippen molar-refractivity contribution in [2.24, 2.45) is 0 Å². The van der Waals surface area contributed by atoms with Crippen molar-refractivity contribution in [3.8, 4) is 16.3 Å². The number of ether oxygens (including phenoxy) is 1. The van der Waals surface area contributed by atoms with E-state index in [1.54, 1.807) is 30.3 Å². The summed E-state index contributed by atoms with van der Waals surface area (Å²) in [4.78, 5) is 27.6. The number of nitrogens with one attached hydrogen (secondary N) is 1. The number of benzene rings is 2. The van der Waals surface area contributed by atoms with Gasteiger partial charge in [-0.15, -0.1) is 11.3 Å². The van der Waals surface area contributed by atoms with Crippen molar-refractivity contribution in [1.29, 1.82) is 0 Å². The van der Waals surface area contributed by atoms with Gasteiger partial charge in [0.15, 0.2) is 0 Å². The highest BCUT2D eigenvalue weighted by molar-refractivity contribution is 7.13. The quantitative estimate of drug-likeness (QED) is 0.515.